The molecule has 0 fully saturated rings. The molecule has 1 atom stereocenters. The first-order chi connectivity index (χ1) is 12.5. The molecule has 4 heteroatoms. The van der Waals surface area contributed by atoms with Gasteiger partial charge in [0, 0.05) is 41.7 Å². The number of aromatic amines is 1. The smallest absolute Gasteiger partial charge is 0.163 e. The second kappa shape index (κ2) is 6.13. The van der Waals surface area contributed by atoms with Crippen LogP contribution in [0, 0.1) is 5.41 Å². The van der Waals surface area contributed by atoms with Gasteiger partial charge in [0.2, 0.25) is 0 Å². The van der Waals surface area contributed by atoms with Crippen molar-refractivity contribution in [3.05, 3.63) is 77.4 Å². The number of nitrogens with one attached hydrogen (secondary N) is 1. The first kappa shape index (κ1) is 16.6. The number of hydrogen-bond donors (Lipinski definition) is 2. The van der Waals surface area contributed by atoms with E-state index in [0.717, 1.165) is 22.2 Å². The van der Waals surface area contributed by atoms with E-state index in [-0.39, 0.29) is 22.9 Å². The van der Waals surface area contributed by atoms with Gasteiger partial charge < -0.3 is 10.1 Å². The summed E-state index contributed by atoms with van der Waals surface area (Å²) >= 11 is 0. The molecular weight excluding hydrogens is 324 g/mol. The lowest BCUT2D eigenvalue weighted by Gasteiger charge is -2.32. The zero-order chi connectivity index (χ0) is 18.3. The van der Waals surface area contributed by atoms with Crippen molar-refractivity contribution in [1.29, 1.82) is 0 Å². The Morgan fingerprint density at radius 1 is 1.12 bits per heavy atom. The van der Waals surface area contributed by atoms with E-state index in [1.165, 1.54) is 0 Å². The number of carbonyl (C=O) groups excluding carboxylic acids is 1. The van der Waals surface area contributed by atoms with Gasteiger partial charge in [0.25, 0.3) is 0 Å². The molecule has 2 heterocycles. The van der Waals surface area contributed by atoms with Gasteiger partial charge in [-0.05, 0) is 29.2 Å². The van der Waals surface area contributed by atoms with Crippen LogP contribution in [0.5, 0.6) is 0 Å². The minimum absolute atomic E-state index is 0.000292. The van der Waals surface area contributed by atoms with E-state index in [4.69, 9.17) is 0 Å². The predicted molar refractivity (Wildman–Crippen MR) is 102 cm³/mol. The lowest BCUT2D eigenvalue weighted by Crippen LogP contribution is -2.29. The van der Waals surface area contributed by atoms with E-state index in [1.54, 1.807) is 6.20 Å². The lowest BCUT2D eigenvalue weighted by molar-refractivity contribution is -0.118. The molecule has 26 heavy (non-hydrogen) atoms. The number of rotatable bonds is 3. The maximum absolute atomic E-state index is 13.0. The Morgan fingerprint density at radius 3 is 2.62 bits per heavy atom. The summed E-state index contributed by atoms with van der Waals surface area (Å²) in [4.78, 5) is 20.8. The van der Waals surface area contributed by atoms with Crippen molar-refractivity contribution in [2.24, 2.45) is 5.41 Å². The van der Waals surface area contributed by atoms with Crippen molar-refractivity contribution < 1.29 is 9.90 Å². The Balaban J connectivity index is 1.95. The topological polar surface area (TPSA) is 66.0 Å². The standard InChI is InChI=1S/C22H22N2O2/c1-22(2)11-18(25)21(19(26)12-22)20(17-9-5-6-10-23-17)15-13-24-16-8-4-3-7-14(15)16/h3-10,13,20,24-25H,11-12H2,1-2H3/t20-/m1/s1. The maximum Gasteiger partial charge on any atom is 0.163 e. The molecule has 2 aromatic heterocycles. The fourth-order valence-corrected chi connectivity index (χ4v) is 3.97. The van der Waals surface area contributed by atoms with Crippen LogP contribution >= 0.6 is 0 Å². The van der Waals surface area contributed by atoms with Crippen molar-refractivity contribution in [3.8, 4) is 0 Å². The molecular formula is C22H22N2O2. The summed E-state index contributed by atoms with van der Waals surface area (Å²) in [6, 6.07) is 13.7. The quantitative estimate of drug-likeness (QED) is 0.709. The highest BCUT2D eigenvalue weighted by atomic mass is 16.3. The number of carbonyl (C=O) groups is 1. The van der Waals surface area contributed by atoms with Gasteiger partial charge in [-0.2, -0.15) is 0 Å². The number of aliphatic hydroxyl groups excluding tert-OH is 1. The first-order valence-corrected chi connectivity index (χ1v) is 8.88. The van der Waals surface area contributed by atoms with Gasteiger partial charge in [-0.1, -0.05) is 38.1 Å². The summed E-state index contributed by atoms with van der Waals surface area (Å²) in [5.41, 5.74) is 3.00. The number of pyridine rings is 1. The molecule has 0 saturated heterocycles. The highest BCUT2D eigenvalue weighted by Crippen LogP contribution is 2.44. The summed E-state index contributed by atoms with van der Waals surface area (Å²) in [5.74, 6) is -0.192. The molecule has 4 rings (SSSR count). The normalized spacial score (nSPS) is 18.3. The Labute approximate surface area is 152 Å². The van der Waals surface area contributed by atoms with E-state index in [2.05, 4.69) is 9.97 Å². The van der Waals surface area contributed by atoms with Crippen LogP contribution in [-0.4, -0.2) is 20.9 Å². The van der Waals surface area contributed by atoms with Gasteiger partial charge in [0.15, 0.2) is 5.78 Å². The highest BCUT2D eigenvalue weighted by molar-refractivity contribution is 6.00. The number of aliphatic hydroxyl groups is 1. The first-order valence-electron chi connectivity index (χ1n) is 8.88. The molecule has 0 saturated carbocycles. The van der Waals surface area contributed by atoms with Crippen molar-refractivity contribution >= 4 is 16.7 Å². The third-order valence-electron chi connectivity index (χ3n) is 5.10. The molecule has 1 aromatic carbocycles. The molecule has 0 aliphatic heterocycles. The third kappa shape index (κ3) is 2.81. The van der Waals surface area contributed by atoms with Gasteiger partial charge >= 0.3 is 0 Å². The molecule has 132 valence electrons. The zero-order valence-corrected chi connectivity index (χ0v) is 15.0. The average molecular weight is 346 g/mol. The summed E-state index contributed by atoms with van der Waals surface area (Å²) in [6.07, 6.45) is 4.58. The summed E-state index contributed by atoms with van der Waals surface area (Å²) in [5, 5.41) is 11.8. The number of aromatic nitrogens is 2. The maximum atomic E-state index is 13.0. The number of nitrogens with zero attached hydrogens (tertiary/aromatic N) is 1. The van der Waals surface area contributed by atoms with Crippen LogP contribution in [0.15, 0.2) is 66.2 Å². The van der Waals surface area contributed by atoms with Crippen molar-refractivity contribution in [2.75, 3.05) is 0 Å². The molecule has 4 nitrogen and oxygen atoms in total. The largest absolute Gasteiger partial charge is 0.512 e. The Morgan fingerprint density at radius 2 is 1.88 bits per heavy atom. The van der Waals surface area contributed by atoms with Crippen LogP contribution in [0.2, 0.25) is 0 Å². The molecule has 1 aliphatic rings. The van der Waals surface area contributed by atoms with Crippen molar-refractivity contribution in [2.45, 2.75) is 32.6 Å². The van der Waals surface area contributed by atoms with Crippen molar-refractivity contribution in [1.82, 2.24) is 9.97 Å². The number of benzene rings is 1. The monoisotopic (exact) mass is 346 g/mol. The second-order valence-electron chi connectivity index (χ2n) is 7.78. The van der Waals surface area contributed by atoms with Crippen LogP contribution in [0.1, 0.15) is 43.9 Å². The number of fused-ring (bicyclic) bond motifs is 1. The number of hydrogen-bond acceptors (Lipinski definition) is 3. The number of ketones is 1. The van der Waals surface area contributed by atoms with Crippen LogP contribution in [0.25, 0.3) is 10.9 Å². The fraction of sp³-hybridized carbons (Fsp3) is 0.273. The van der Waals surface area contributed by atoms with E-state index in [9.17, 15) is 9.90 Å². The minimum Gasteiger partial charge on any atom is -0.512 e. The molecule has 3 aromatic rings. The Bertz CT molecular complexity index is 999. The molecule has 0 amide bonds. The SMILES string of the molecule is CC1(C)CC(=O)C([C@@H](c2ccccn2)c2c[nH]c3ccccc23)=C(O)C1. The van der Waals surface area contributed by atoms with Gasteiger partial charge in [-0.25, -0.2) is 0 Å². The van der Waals surface area contributed by atoms with Crippen LogP contribution in [0.4, 0.5) is 0 Å². The molecule has 0 spiro atoms. The van der Waals surface area contributed by atoms with E-state index >= 15 is 0 Å². The summed E-state index contributed by atoms with van der Waals surface area (Å²) < 4.78 is 0. The predicted octanol–water partition coefficient (Wildman–Crippen LogP) is 4.90. The van der Waals surface area contributed by atoms with Crippen LogP contribution < -0.4 is 0 Å². The van der Waals surface area contributed by atoms with Gasteiger partial charge in [-0.15, -0.1) is 0 Å². The second-order valence-corrected chi connectivity index (χ2v) is 7.78. The van der Waals surface area contributed by atoms with Gasteiger partial charge in [0.05, 0.1) is 11.6 Å². The molecule has 2 N–H and O–H groups in total. The molecule has 1 aliphatic carbocycles. The molecule has 0 bridgehead atoms. The molecule has 0 radical (unpaired) electrons. The van der Waals surface area contributed by atoms with Crippen LogP contribution in [-0.2, 0) is 4.79 Å². The number of allylic oxidation sites excluding steroid dienone is 2. The van der Waals surface area contributed by atoms with Crippen molar-refractivity contribution in [3.63, 3.8) is 0 Å². The Hall–Kier alpha value is -2.88. The number of H-pyrrole nitrogens is 1. The van der Waals surface area contributed by atoms with E-state index in [1.807, 2.05) is 62.5 Å². The molecule has 0 unspecified atom stereocenters. The van der Waals surface area contributed by atoms with E-state index in [0.29, 0.717) is 18.4 Å². The number of Topliss-reactive ketones (excluding diaryl/α,β-unsaturated/α-hetero) is 1. The highest BCUT2D eigenvalue weighted by Gasteiger charge is 2.38. The lowest BCUT2D eigenvalue weighted by atomic mass is 9.72. The fourth-order valence-electron chi connectivity index (χ4n) is 3.97. The Kier molecular flexibility index (Phi) is 3.91. The minimum atomic E-state index is -0.379. The number of para-hydroxylation sites is 1. The van der Waals surface area contributed by atoms with Gasteiger partial charge in [-0.3, -0.25) is 9.78 Å². The van der Waals surface area contributed by atoms with E-state index < -0.39 is 0 Å². The third-order valence-corrected chi connectivity index (χ3v) is 5.10. The average Bonchev–Trinajstić information content (AvgIpc) is 3.02. The summed E-state index contributed by atoms with van der Waals surface area (Å²) in [7, 11) is 0. The van der Waals surface area contributed by atoms with Crippen LogP contribution in [0.3, 0.4) is 0 Å². The zero-order valence-electron chi connectivity index (χ0n) is 15.0. The van der Waals surface area contributed by atoms with Gasteiger partial charge in [0.1, 0.15) is 5.76 Å². The summed E-state index contributed by atoms with van der Waals surface area (Å²) in [6.45, 7) is 4.03.